The number of benzene rings is 8. The molecule has 212 valence electrons. The zero-order valence-corrected chi connectivity index (χ0v) is 24.7. The first-order valence-electron chi connectivity index (χ1n) is 15.6. The van der Waals surface area contributed by atoms with Crippen molar-refractivity contribution in [2.75, 3.05) is 0 Å². The summed E-state index contributed by atoms with van der Waals surface area (Å²) in [6, 6.07) is 49.3. The number of fused-ring (bicyclic) bond motifs is 14. The summed E-state index contributed by atoms with van der Waals surface area (Å²) in [7, 11) is 0. The van der Waals surface area contributed by atoms with Crippen LogP contribution in [0.5, 0.6) is 0 Å². The minimum atomic E-state index is -0.116. The van der Waals surface area contributed by atoms with E-state index >= 15 is 9.59 Å². The monoisotopic (exact) mass is 584 g/mol. The molecule has 0 bridgehead atoms. The first-order valence-corrected chi connectivity index (χ1v) is 15.6. The number of carbonyl (C=O) groups excluding carboxylic acids is 2. The fourth-order valence-corrected chi connectivity index (χ4v) is 7.97. The van der Waals surface area contributed by atoms with E-state index in [2.05, 4.69) is 72.8 Å². The Morgan fingerprint density at radius 1 is 0.283 bits per heavy atom. The van der Waals surface area contributed by atoms with Gasteiger partial charge in [0.25, 0.3) is 0 Å². The van der Waals surface area contributed by atoms with Crippen LogP contribution in [0.4, 0.5) is 0 Å². The Kier molecular flexibility index (Phi) is 5.05. The third-order valence-electron chi connectivity index (χ3n) is 9.95. The maximum Gasteiger partial charge on any atom is 0.195 e. The number of hydrogen-bond donors (Lipinski definition) is 0. The molecular weight excluding hydrogens is 560 g/mol. The van der Waals surface area contributed by atoms with Crippen LogP contribution in [-0.2, 0) is 0 Å². The van der Waals surface area contributed by atoms with Crippen LogP contribution in [0.2, 0.25) is 0 Å². The van der Waals surface area contributed by atoms with Gasteiger partial charge in [-0.2, -0.15) is 0 Å². The van der Waals surface area contributed by atoms with Crippen LogP contribution in [0.25, 0.3) is 76.5 Å². The summed E-state index contributed by atoms with van der Waals surface area (Å²) < 4.78 is 0. The van der Waals surface area contributed by atoms with Gasteiger partial charge in [0.2, 0.25) is 0 Å². The molecule has 0 spiro atoms. The first kappa shape index (κ1) is 25.2. The van der Waals surface area contributed by atoms with Crippen LogP contribution in [0.1, 0.15) is 31.8 Å². The van der Waals surface area contributed by atoms with Crippen molar-refractivity contribution in [3.8, 4) is 22.3 Å². The predicted molar refractivity (Wildman–Crippen MR) is 189 cm³/mol. The molecule has 2 heteroatoms. The summed E-state index contributed by atoms with van der Waals surface area (Å²) in [6.45, 7) is 0. The normalized spacial score (nSPS) is 15.2. The Morgan fingerprint density at radius 3 is 1.09 bits per heavy atom. The highest BCUT2D eigenvalue weighted by atomic mass is 16.1. The van der Waals surface area contributed by atoms with Gasteiger partial charge < -0.3 is 0 Å². The van der Waals surface area contributed by atoms with Gasteiger partial charge in [0.05, 0.1) is 0 Å². The third kappa shape index (κ3) is 3.25. The Morgan fingerprint density at radius 2 is 0.630 bits per heavy atom. The summed E-state index contributed by atoms with van der Waals surface area (Å²) in [5, 5.41) is 8.39. The van der Waals surface area contributed by atoms with E-state index in [4.69, 9.17) is 0 Å². The number of hydrogen-bond acceptors (Lipinski definition) is 2. The predicted octanol–water partition coefficient (Wildman–Crippen LogP) is 10.9. The van der Waals surface area contributed by atoms with Gasteiger partial charge in [0, 0.05) is 33.4 Å². The zero-order valence-electron chi connectivity index (χ0n) is 24.7. The van der Waals surface area contributed by atoms with Crippen LogP contribution in [0.15, 0.2) is 146 Å². The maximum atomic E-state index is 15.1. The molecule has 0 fully saturated rings. The van der Waals surface area contributed by atoms with Crippen molar-refractivity contribution in [2.24, 2.45) is 0 Å². The summed E-state index contributed by atoms with van der Waals surface area (Å²) >= 11 is 0. The van der Waals surface area contributed by atoms with Crippen molar-refractivity contribution < 1.29 is 9.59 Å². The molecule has 2 nitrogen and oxygen atoms in total. The Balaban J connectivity index is 1.49. The molecule has 46 heavy (non-hydrogen) atoms. The van der Waals surface area contributed by atoms with Crippen LogP contribution in [-0.4, -0.2) is 11.6 Å². The quantitative estimate of drug-likeness (QED) is 0.131. The summed E-state index contributed by atoms with van der Waals surface area (Å²) in [5.41, 5.74) is 7.62. The van der Waals surface area contributed by atoms with E-state index in [0.29, 0.717) is 22.3 Å². The molecule has 0 radical (unpaired) electrons. The minimum Gasteiger partial charge on any atom is -0.289 e. The molecule has 0 atom stereocenters. The molecule has 0 N–H and O–H groups in total. The smallest absolute Gasteiger partial charge is 0.195 e. The second-order valence-electron chi connectivity index (χ2n) is 12.2. The number of carbonyl (C=O) groups is 2. The number of Topliss-reactive ketones (excluding diaryl/α,β-unsaturated/α-hetero) is 2. The lowest BCUT2D eigenvalue weighted by atomic mass is 9.71. The van der Waals surface area contributed by atoms with Gasteiger partial charge in [-0.05, 0) is 65.3 Å². The summed E-state index contributed by atoms with van der Waals surface area (Å²) in [6.07, 6.45) is 0. The average molecular weight is 585 g/mol. The molecule has 0 saturated heterocycles. The van der Waals surface area contributed by atoms with Gasteiger partial charge in [-0.25, -0.2) is 0 Å². The van der Waals surface area contributed by atoms with E-state index in [9.17, 15) is 0 Å². The van der Waals surface area contributed by atoms with Crippen molar-refractivity contribution in [1.29, 1.82) is 0 Å². The van der Waals surface area contributed by atoms with Crippen molar-refractivity contribution in [1.82, 2.24) is 0 Å². The second-order valence-corrected chi connectivity index (χ2v) is 12.2. The Labute approximate surface area is 264 Å². The van der Waals surface area contributed by atoms with Gasteiger partial charge in [0.1, 0.15) is 0 Å². The summed E-state index contributed by atoms with van der Waals surface area (Å²) in [5.74, 6) is -0.232. The maximum absolute atomic E-state index is 15.1. The highest BCUT2D eigenvalue weighted by Crippen LogP contribution is 2.52. The van der Waals surface area contributed by atoms with E-state index in [1.807, 2.05) is 72.8 Å². The number of rotatable bonds is 0. The lowest BCUT2D eigenvalue weighted by Crippen LogP contribution is -2.20. The van der Waals surface area contributed by atoms with E-state index in [-0.39, 0.29) is 11.6 Å². The molecule has 0 aromatic heterocycles. The minimum absolute atomic E-state index is 0.116. The van der Waals surface area contributed by atoms with Crippen LogP contribution >= 0.6 is 0 Å². The fraction of sp³-hybridized carbons (Fsp3) is 0. The van der Waals surface area contributed by atoms with Crippen molar-refractivity contribution in [2.45, 2.75) is 0 Å². The molecule has 0 saturated carbocycles. The van der Waals surface area contributed by atoms with Gasteiger partial charge in [-0.1, -0.05) is 146 Å². The lowest BCUT2D eigenvalue weighted by Gasteiger charge is -2.30. The molecular formula is C44H24O2. The highest BCUT2D eigenvalue weighted by Gasteiger charge is 2.38. The van der Waals surface area contributed by atoms with Gasteiger partial charge >= 0.3 is 0 Å². The molecule has 10 rings (SSSR count). The standard InChI is InChI=1S/C44H24O2/c45-43-35-15-7-5-13-31(35)33-23-21-27-19-17-25-9-1-3-11-29(25)37(27)39(33)41(43)42-40-34(32-14-6-8-16-36(32)44(42)46)24-22-28-20-18-26-10-2-4-12-30(26)38(28)40/h1-24H/b42-41+. The van der Waals surface area contributed by atoms with Crippen molar-refractivity contribution >= 4 is 65.8 Å². The highest BCUT2D eigenvalue weighted by molar-refractivity contribution is 6.53. The van der Waals surface area contributed by atoms with E-state index < -0.39 is 0 Å². The molecule has 0 unspecified atom stereocenters. The molecule has 2 aliphatic rings. The largest absolute Gasteiger partial charge is 0.289 e. The van der Waals surface area contributed by atoms with Gasteiger partial charge in [-0.15, -0.1) is 0 Å². The average Bonchev–Trinajstić information content (AvgIpc) is 3.12. The molecule has 0 heterocycles. The molecule has 2 aliphatic carbocycles. The van der Waals surface area contributed by atoms with Crippen molar-refractivity contribution in [3.05, 3.63) is 168 Å². The van der Waals surface area contributed by atoms with Crippen LogP contribution < -0.4 is 0 Å². The van der Waals surface area contributed by atoms with E-state index in [0.717, 1.165) is 76.5 Å². The SMILES string of the molecule is O=C1/C(=C2/C(=O)c3ccccc3-c3ccc4ccc5ccccc5c4c32)c2c(ccc3ccc4ccccc4c23)-c2ccccc21. The van der Waals surface area contributed by atoms with Crippen molar-refractivity contribution in [3.63, 3.8) is 0 Å². The lowest BCUT2D eigenvalue weighted by molar-refractivity contribution is 0.103. The first-order chi connectivity index (χ1) is 22.7. The Bertz CT molecular complexity index is 2540. The zero-order chi connectivity index (χ0) is 30.5. The van der Waals surface area contributed by atoms with E-state index in [1.54, 1.807) is 0 Å². The number of ketones is 2. The second kappa shape index (κ2) is 9.20. The van der Waals surface area contributed by atoms with Gasteiger partial charge in [-0.3, -0.25) is 9.59 Å². The van der Waals surface area contributed by atoms with E-state index in [1.165, 1.54) is 0 Å². The van der Waals surface area contributed by atoms with Crippen LogP contribution in [0.3, 0.4) is 0 Å². The van der Waals surface area contributed by atoms with Crippen LogP contribution in [0, 0.1) is 0 Å². The molecule has 0 amide bonds. The van der Waals surface area contributed by atoms with Gasteiger partial charge in [0.15, 0.2) is 11.6 Å². The topological polar surface area (TPSA) is 34.1 Å². The number of allylic oxidation sites excluding steroid dienone is 2. The Hall–Kier alpha value is -6.12. The molecule has 0 aliphatic heterocycles. The third-order valence-corrected chi connectivity index (χ3v) is 9.95. The summed E-state index contributed by atoms with van der Waals surface area (Å²) in [4.78, 5) is 30.2. The fourth-order valence-electron chi connectivity index (χ4n) is 7.97. The molecule has 8 aromatic carbocycles. The molecule has 8 aromatic rings.